The van der Waals surface area contributed by atoms with Crippen LogP contribution in [-0.2, 0) is 0 Å². The van der Waals surface area contributed by atoms with Crippen LogP contribution >= 0.6 is 15.9 Å². The maximum absolute atomic E-state index is 12.2. The Bertz CT molecular complexity index is 447. The molecule has 1 atom stereocenters. The van der Waals surface area contributed by atoms with Gasteiger partial charge in [-0.15, -0.1) is 0 Å². The lowest BCUT2D eigenvalue weighted by molar-refractivity contribution is 0.182. The number of likely N-dealkylation sites (tertiary alicyclic amines) is 1. The highest BCUT2D eigenvalue weighted by molar-refractivity contribution is 9.10. The summed E-state index contributed by atoms with van der Waals surface area (Å²) in [5, 5.41) is 3.00. The third kappa shape index (κ3) is 3.25. The number of carbonyl (C=O) groups excluding carboxylic acids is 1. The molecular formula is C14H19BrN2O. The Labute approximate surface area is 117 Å². The summed E-state index contributed by atoms with van der Waals surface area (Å²) in [6.45, 7) is 5.92. The van der Waals surface area contributed by atoms with Gasteiger partial charge in [-0.3, -0.25) is 0 Å². The van der Waals surface area contributed by atoms with Gasteiger partial charge in [-0.25, -0.2) is 4.79 Å². The second-order valence-corrected chi connectivity index (χ2v) is 6.00. The molecule has 3 nitrogen and oxygen atoms in total. The normalized spacial score (nSPS) is 19.7. The van der Waals surface area contributed by atoms with Crippen LogP contribution < -0.4 is 5.32 Å². The maximum Gasteiger partial charge on any atom is 0.321 e. The second kappa shape index (κ2) is 5.74. The number of piperidine rings is 1. The molecule has 1 aliphatic rings. The number of halogens is 1. The first-order valence-electron chi connectivity index (χ1n) is 6.38. The van der Waals surface area contributed by atoms with Crippen LogP contribution in [0.4, 0.5) is 10.5 Å². The van der Waals surface area contributed by atoms with E-state index in [2.05, 4.69) is 28.2 Å². The van der Waals surface area contributed by atoms with Gasteiger partial charge in [0.05, 0.1) is 0 Å². The van der Waals surface area contributed by atoms with Gasteiger partial charge in [0, 0.05) is 23.2 Å². The Hall–Kier alpha value is -1.03. The van der Waals surface area contributed by atoms with E-state index in [1.165, 1.54) is 6.42 Å². The molecule has 0 bridgehead atoms. The summed E-state index contributed by atoms with van der Waals surface area (Å²) >= 11 is 3.43. The number of rotatable bonds is 1. The van der Waals surface area contributed by atoms with Crippen LogP contribution in [-0.4, -0.2) is 24.0 Å². The number of hydrogen-bond donors (Lipinski definition) is 1. The van der Waals surface area contributed by atoms with Gasteiger partial charge >= 0.3 is 6.03 Å². The van der Waals surface area contributed by atoms with Gasteiger partial charge in [-0.05, 0) is 43.4 Å². The number of nitrogens with zero attached hydrogens (tertiary/aromatic N) is 1. The molecule has 2 rings (SSSR count). The highest BCUT2D eigenvalue weighted by atomic mass is 79.9. The largest absolute Gasteiger partial charge is 0.324 e. The van der Waals surface area contributed by atoms with Crippen molar-refractivity contribution in [2.45, 2.75) is 26.7 Å². The second-order valence-electron chi connectivity index (χ2n) is 5.08. The average Bonchev–Trinajstić information content (AvgIpc) is 2.34. The summed E-state index contributed by atoms with van der Waals surface area (Å²) in [4.78, 5) is 14.1. The molecule has 0 saturated carbocycles. The summed E-state index contributed by atoms with van der Waals surface area (Å²) < 4.78 is 0.982. The van der Waals surface area contributed by atoms with Crippen molar-refractivity contribution >= 4 is 27.6 Å². The van der Waals surface area contributed by atoms with Crippen molar-refractivity contribution in [3.8, 4) is 0 Å². The molecule has 2 amide bonds. The molecule has 1 unspecified atom stereocenters. The van der Waals surface area contributed by atoms with E-state index in [1.807, 2.05) is 30.0 Å². The highest BCUT2D eigenvalue weighted by Gasteiger charge is 2.21. The molecule has 1 fully saturated rings. The van der Waals surface area contributed by atoms with Crippen molar-refractivity contribution in [2.75, 3.05) is 18.4 Å². The third-order valence-electron chi connectivity index (χ3n) is 3.39. The van der Waals surface area contributed by atoms with Crippen molar-refractivity contribution in [3.05, 3.63) is 28.2 Å². The number of urea groups is 1. The maximum atomic E-state index is 12.2. The Kier molecular flexibility index (Phi) is 4.27. The lowest BCUT2D eigenvalue weighted by atomic mass is 10.0. The SMILES string of the molecule is Cc1ccc(Br)cc1NC(=O)N1CCCC(C)C1. The molecule has 0 aliphatic carbocycles. The molecule has 1 saturated heterocycles. The minimum absolute atomic E-state index is 0.0164. The molecule has 1 aromatic rings. The van der Waals surface area contributed by atoms with E-state index >= 15 is 0 Å². The Balaban J connectivity index is 2.04. The first-order valence-corrected chi connectivity index (χ1v) is 7.17. The number of hydrogen-bond acceptors (Lipinski definition) is 1. The predicted molar refractivity (Wildman–Crippen MR) is 77.9 cm³/mol. The summed E-state index contributed by atoms with van der Waals surface area (Å²) in [7, 11) is 0. The first kappa shape index (κ1) is 13.4. The first-order chi connectivity index (χ1) is 8.56. The van der Waals surface area contributed by atoms with Crippen LogP contribution in [0, 0.1) is 12.8 Å². The molecular weight excluding hydrogens is 292 g/mol. The highest BCUT2D eigenvalue weighted by Crippen LogP contribution is 2.22. The zero-order valence-corrected chi connectivity index (χ0v) is 12.5. The van der Waals surface area contributed by atoms with E-state index in [4.69, 9.17) is 0 Å². The molecule has 0 radical (unpaired) electrons. The van der Waals surface area contributed by atoms with Crippen molar-refractivity contribution in [2.24, 2.45) is 5.92 Å². The Morgan fingerprint density at radius 1 is 1.50 bits per heavy atom. The van der Waals surface area contributed by atoms with E-state index in [1.54, 1.807) is 0 Å². The van der Waals surface area contributed by atoms with Crippen LogP contribution in [0.5, 0.6) is 0 Å². The van der Waals surface area contributed by atoms with Crippen LogP contribution in [0.25, 0.3) is 0 Å². The number of nitrogens with one attached hydrogen (secondary N) is 1. The quantitative estimate of drug-likeness (QED) is 0.834. The molecule has 1 N–H and O–H groups in total. The van der Waals surface area contributed by atoms with Crippen LogP contribution in [0.15, 0.2) is 22.7 Å². The van der Waals surface area contributed by atoms with Crippen LogP contribution in [0.1, 0.15) is 25.3 Å². The number of anilines is 1. The number of aryl methyl sites for hydroxylation is 1. The number of benzene rings is 1. The summed E-state index contributed by atoms with van der Waals surface area (Å²) in [6, 6.07) is 5.94. The monoisotopic (exact) mass is 310 g/mol. The summed E-state index contributed by atoms with van der Waals surface area (Å²) in [5.74, 6) is 0.605. The van der Waals surface area contributed by atoms with E-state index in [9.17, 15) is 4.79 Å². The van der Waals surface area contributed by atoms with Crippen molar-refractivity contribution in [1.82, 2.24) is 4.90 Å². The Morgan fingerprint density at radius 3 is 3.00 bits per heavy atom. The van der Waals surface area contributed by atoms with E-state index in [0.29, 0.717) is 5.92 Å². The number of carbonyl (C=O) groups is 1. The minimum atomic E-state index is 0.0164. The summed E-state index contributed by atoms with van der Waals surface area (Å²) in [5.41, 5.74) is 1.96. The molecule has 4 heteroatoms. The molecule has 1 aliphatic heterocycles. The lowest BCUT2D eigenvalue weighted by Gasteiger charge is -2.31. The molecule has 1 heterocycles. The fourth-order valence-corrected chi connectivity index (χ4v) is 2.66. The van der Waals surface area contributed by atoms with E-state index in [0.717, 1.165) is 35.2 Å². The van der Waals surface area contributed by atoms with Gasteiger partial charge < -0.3 is 10.2 Å². The molecule has 98 valence electrons. The van der Waals surface area contributed by atoms with Gasteiger partial charge in [0.15, 0.2) is 0 Å². The number of amides is 2. The zero-order chi connectivity index (χ0) is 13.1. The van der Waals surface area contributed by atoms with Gasteiger partial charge in [-0.1, -0.05) is 28.9 Å². The van der Waals surface area contributed by atoms with Crippen LogP contribution in [0.3, 0.4) is 0 Å². The van der Waals surface area contributed by atoms with Gasteiger partial charge in [0.1, 0.15) is 0 Å². The van der Waals surface area contributed by atoms with Gasteiger partial charge in [0.2, 0.25) is 0 Å². The van der Waals surface area contributed by atoms with Crippen molar-refractivity contribution in [1.29, 1.82) is 0 Å². The zero-order valence-electron chi connectivity index (χ0n) is 10.9. The average molecular weight is 311 g/mol. The van der Waals surface area contributed by atoms with E-state index < -0.39 is 0 Å². The predicted octanol–water partition coefficient (Wildman–Crippen LogP) is 4.02. The smallest absolute Gasteiger partial charge is 0.321 e. The van der Waals surface area contributed by atoms with Crippen molar-refractivity contribution in [3.63, 3.8) is 0 Å². The topological polar surface area (TPSA) is 32.3 Å². The molecule has 1 aromatic carbocycles. The summed E-state index contributed by atoms with van der Waals surface area (Å²) in [6.07, 6.45) is 2.33. The fourth-order valence-electron chi connectivity index (χ4n) is 2.30. The fraction of sp³-hybridized carbons (Fsp3) is 0.500. The molecule has 0 spiro atoms. The van der Waals surface area contributed by atoms with Gasteiger partial charge in [0.25, 0.3) is 0 Å². The lowest BCUT2D eigenvalue weighted by Crippen LogP contribution is -2.41. The standard InChI is InChI=1S/C14H19BrN2O/c1-10-4-3-7-17(9-10)14(18)16-13-8-12(15)6-5-11(13)2/h5-6,8,10H,3-4,7,9H2,1-2H3,(H,16,18). The molecule has 18 heavy (non-hydrogen) atoms. The third-order valence-corrected chi connectivity index (χ3v) is 3.88. The van der Waals surface area contributed by atoms with Crippen molar-refractivity contribution < 1.29 is 4.79 Å². The van der Waals surface area contributed by atoms with Gasteiger partial charge in [-0.2, -0.15) is 0 Å². The van der Waals surface area contributed by atoms with Crippen LogP contribution in [0.2, 0.25) is 0 Å². The molecule has 0 aromatic heterocycles. The van der Waals surface area contributed by atoms with E-state index in [-0.39, 0.29) is 6.03 Å². The Morgan fingerprint density at radius 2 is 2.28 bits per heavy atom. The minimum Gasteiger partial charge on any atom is -0.324 e.